The molecule has 2 heteroatoms. The Bertz CT molecular complexity index is 3420. The fourth-order valence-corrected chi connectivity index (χ4v) is 9.88. The molecule has 0 unspecified atom stereocenters. The molecule has 2 heterocycles. The minimum atomic E-state index is 0.927. The van der Waals surface area contributed by atoms with Crippen LogP contribution < -0.4 is 0 Å². The quantitative estimate of drug-likeness (QED) is 0.152. The molecule has 292 valence electrons. The number of allylic oxidation sites excluding steroid dienone is 4. The fourth-order valence-electron chi connectivity index (χ4n) is 9.88. The van der Waals surface area contributed by atoms with Crippen LogP contribution in [0.1, 0.15) is 18.4 Å². The molecule has 0 saturated heterocycles. The SMILES string of the molecule is C1=C(c2cc(-c3ccccc3)cc(-c3ccccc3)c2)CCC(n2c3ccccc3c3c2ccc2c4ccccc4n(-c4cc(-c5ccccc5)cc(-c5ccccc5)c4)c23)=C1. The van der Waals surface area contributed by atoms with Gasteiger partial charge in [0, 0.05) is 32.9 Å². The number of rotatable bonds is 7. The molecule has 0 atom stereocenters. The summed E-state index contributed by atoms with van der Waals surface area (Å²) in [5.74, 6) is 0. The number of benzene rings is 9. The summed E-state index contributed by atoms with van der Waals surface area (Å²) in [5.41, 5.74) is 19.7. The Morgan fingerprint density at radius 3 is 1.26 bits per heavy atom. The number of fused-ring (bicyclic) bond motifs is 7. The lowest BCUT2D eigenvalue weighted by molar-refractivity contribution is 0.992. The van der Waals surface area contributed by atoms with Crippen molar-refractivity contribution >= 4 is 54.9 Å². The molecule has 1 aliphatic carbocycles. The largest absolute Gasteiger partial charge is 0.313 e. The highest BCUT2D eigenvalue weighted by Gasteiger charge is 2.23. The first-order valence-electron chi connectivity index (χ1n) is 21.6. The predicted octanol–water partition coefficient (Wildman–Crippen LogP) is 16.3. The van der Waals surface area contributed by atoms with Crippen molar-refractivity contribution in [3.8, 4) is 50.2 Å². The van der Waals surface area contributed by atoms with Crippen LogP contribution in [-0.4, -0.2) is 9.13 Å². The molecule has 0 fully saturated rings. The Labute approximate surface area is 361 Å². The minimum absolute atomic E-state index is 0.927. The van der Waals surface area contributed by atoms with Gasteiger partial charge in [-0.3, -0.25) is 0 Å². The third-order valence-corrected chi connectivity index (χ3v) is 12.8. The molecule has 2 nitrogen and oxygen atoms in total. The van der Waals surface area contributed by atoms with Gasteiger partial charge < -0.3 is 9.13 Å². The highest BCUT2D eigenvalue weighted by molar-refractivity contribution is 6.26. The van der Waals surface area contributed by atoms with E-state index in [4.69, 9.17) is 0 Å². The summed E-state index contributed by atoms with van der Waals surface area (Å²) < 4.78 is 5.06. The highest BCUT2D eigenvalue weighted by Crippen LogP contribution is 2.44. The van der Waals surface area contributed by atoms with E-state index in [0.29, 0.717) is 0 Å². The Morgan fingerprint density at radius 1 is 0.290 bits per heavy atom. The van der Waals surface area contributed by atoms with Crippen molar-refractivity contribution in [3.05, 3.63) is 236 Å². The molecule has 0 N–H and O–H groups in total. The van der Waals surface area contributed by atoms with Crippen LogP contribution in [0, 0.1) is 0 Å². The van der Waals surface area contributed by atoms with Crippen LogP contribution in [0.2, 0.25) is 0 Å². The second-order valence-electron chi connectivity index (χ2n) is 16.4. The van der Waals surface area contributed by atoms with E-state index in [2.05, 4.69) is 240 Å². The third-order valence-electron chi connectivity index (χ3n) is 12.8. The van der Waals surface area contributed by atoms with Gasteiger partial charge in [0.25, 0.3) is 0 Å². The van der Waals surface area contributed by atoms with E-state index in [1.54, 1.807) is 0 Å². The summed E-state index contributed by atoms with van der Waals surface area (Å²) in [6, 6.07) is 79.9. The number of hydrogen-bond donors (Lipinski definition) is 0. The Kier molecular flexibility index (Phi) is 8.67. The smallest absolute Gasteiger partial charge is 0.0641 e. The van der Waals surface area contributed by atoms with Gasteiger partial charge in [0.1, 0.15) is 0 Å². The van der Waals surface area contributed by atoms with Crippen LogP contribution in [0.25, 0.3) is 105 Å². The van der Waals surface area contributed by atoms with Gasteiger partial charge in [0.2, 0.25) is 0 Å². The maximum atomic E-state index is 2.53. The van der Waals surface area contributed by atoms with E-state index >= 15 is 0 Å². The van der Waals surface area contributed by atoms with Crippen molar-refractivity contribution in [3.63, 3.8) is 0 Å². The lowest BCUT2D eigenvalue weighted by Gasteiger charge is -2.19. The monoisotopic (exact) mass is 790 g/mol. The molecule has 0 aliphatic heterocycles. The molecule has 9 aromatic carbocycles. The van der Waals surface area contributed by atoms with Crippen LogP contribution in [-0.2, 0) is 0 Å². The predicted molar refractivity (Wildman–Crippen MR) is 263 cm³/mol. The molecular weight excluding hydrogens is 749 g/mol. The van der Waals surface area contributed by atoms with E-state index in [1.807, 2.05) is 0 Å². The standard InChI is InChI=1S/C60H42N2/c1-5-17-41(18-6-1)46-35-47(42-19-7-2-8-20-42)37-48(36-46)45-29-31-51(32-30-45)61-57-28-16-14-26-55(57)59-58(61)34-33-54-53-25-13-15-27-56(53)62(60(54)59)52-39-49(43-21-9-3-10-22-43)38-50(40-52)44-23-11-4-12-24-44/h1-29,31,33-40H,30,32H2. The lowest BCUT2D eigenvalue weighted by atomic mass is 9.90. The number of hydrogen-bond acceptors (Lipinski definition) is 0. The van der Waals surface area contributed by atoms with Gasteiger partial charge in [0.05, 0.1) is 22.1 Å². The summed E-state index contributed by atoms with van der Waals surface area (Å²) in [6.45, 7) is 0. The lowest BCUT2D eigenvalue weighted by Crippen LogP contribution is -2.02. The number of aromatic nitrogens is 2. The Balaban J connectivity index is 1.06. The van der Waals surface area contributed by atoms with Gasteiger partial charge in [-0.2, -0.15) is 0 Å². The molecule has 62 heavy (non-hydrogen) atoms. The highest BCUT2D eigenvalue weighted by atomic mass is 15.0. The van der Waals surface area contributed by atoms with Crippen LogP contribution in [0.5, 0.6) is 0 Å². The van der Waals surface area contributed by atoms with Crippen molar-refractivity contribution in [2.75, 3.05) is 0 Å². The third kappa shape index (κ3) is 6.11. The zero-order chi connectivity index (χ0) is 41.0. The van der Waals surface area contributed by atoms with Crippen molar-refractivity contribution in [1.29, 1.82) is 0 Å². The van der Waals surface area contributed by atoms with Gasteiger partial charge in [-0.25, -0.2) is 0 Å². The Hall–Kier alpha value is -7.94. The second kappa shape index (κ2) is 15.0. The van der Waals surface area contributed by atoms with E-state index < -0.39 is 0 Å². The van der Waals surface area contributed by atoms with E-state index in [1.165, 1.54) is 105 Å². The second-order valence-corrected chi connectivity index (χ2v) is 16.4. The van der Waals surface area contributed by atoms with E-state index in [0.717, 1.165) is 18.5 Å². The van der Waals surface area contributed by atoms with Crippen molar-refractivity contribution in [2.24, 2.45) is 0 Å². The average molecular weight is 791 g/mol. The molecule has 0 amide bonds. The maximum Gasteiger partial charge on any atom is 0.0641 e. The molecule has 0 bridgehead atoms. The van der Waals surface area contributed by atoms with Crippen LogP contribution in [0.4, 0.5) is 0 Å². The van der Waals surface area contributed by atoms with Crippen LogP contribution in [0.3, 0.4) is 0 Å². The van der Waals surface area contributed by atoms with Gasteiger partial charge in [-0.1, -0.05) is 170 Å². The van der Waals surface area contributed by atoms with Gasteiger partial charge >= 0.3 is 0 Å². The minimum Gasteiger partial charge on any atom is -0.313 e. The van der Waals surface area contributed by atoms with Gasteiger partial charge in [-0.05, 0) is 129 Å². The van der Waals surface area contributed by atoms with Crippen molar-refractivity contribution < 1.29 is 0 Å². The normalized spacial score (nSPS) is 12.9. The topological polar surface area (TPSA) is 9.86 Å². The zero-order valence-electron chi connectivity index (χ0n) is 34.2. The van der Waals surface area contributed by atoms with Crippen molar-refractivity contribution in [2.45, 2.75) is 12.8 Å². The number of para-hydroxylation sites is 2. The maximum absolute atomic E-state index is 2.53. The fraction of sp³-hybridized carbons (Fsp3) is 0.0333. The van der Waals surface area contributed by atoms with Gasteiger partial charge in [-0.15, -0.1) is 0 Å². The van der Waals surface area contributed by atoms with E-state index in [-0.39, 0.29) is 0 Å². The summed E-state index contributed by atoms with van der Waals surface area (Å²) in [6.07, 6.45) is 6.62. The van der Waals surface area contributed by atoms with Crippen LogP contribution >= 0.6 is 0 Å². The first-order valence-corrected chi connectivity index (χ1v) is 21.6. The first kappa shape index (κ1) is 36.0. The Morgan fingerprint density at radius 2 is 0.742 bits per heavy atom. The first-order chi connectivity index (χ1) is 30.7. The van der Waals surface area contributed by atoms with Gasteiger partial charge in [0.15, 0.2) is 0 Å². The molecule has 11 aromatic rings. The molecule has 0 saturated carbocycles. The van der Waals surface area contributed by atoms with Crippen LogP contribution in [0.15, 0.2) is 231 Å². The zero-order valence-corrected chi connectivity index (χ0v) is 34.2. The summed E-state index contributed by atoms with van der Waals surface area (Å²) in [4.78, 5) is 0. The molecule has 2 aromatic heterocycles. The average Bonchev–Trinajstić information content (AvgIpc) is 3.88. The summed E-state index contributed by atoms with van der Waals surface area (Å²) in [5, 5.41) is 5.05. The molecule has 0 radical (unpaired) electrons. The molecule has 1 aliphatic rings. The summed E-state index contributed by atoms with van der Waals surface area (Å²) in [7, 11) is 0. The molecular formula is C60H42N2. The van der Waals surface area contributed by atoms with Crippen molar-refractivity contribution in [1.82, 2.24) is 9.13 Å². The number of nitrogens with zero attached hydrogens (tertiary/aromatic N) is 2. The molecule has 0 spiro atoms. The molecule has 12 rings (SSSR count). The summed E-state index contributed by atoms with van der Waals surface area (Å²) >= 11 is 0. The van der Waals surface area contributed by atoms with E-state index in [9.17, 15) is 0 Å².